The molecule has 0 spiro atoms. The molecule has 0 bridgehead atoms. The van der Waals surface area contributed by atoms with Gasteiger partial charge in [-0.25, -0.2) is 4.79 Å². The van der Waals surface area contributed by atoms with Gasteiger partial charge in [0.05, 0.1) is 12.6 Å². The number of carbonyl (C=O) groups excluding carboxylic acids is 1. The van der Waals surface area contributed by atoms with Crippen molar-refractivity contribution < 1.29 is 9.90 Å². The first kappa shape index (κ1) is 7.97. The van der Waals surface area contributed by atoms with Crippen LogP contribution in [0.1, 0.15) is 0 Å². The molecular weight excluding hydrogens is 120 g/mol. The molecule has 0 heterocycles. The van der Waals surface area contributed by atoms with Gasteiger partial charge in [0.25, 0.3) is 0 Å². The fourth-order valence-corrected chi connectivity index (χ4v) is 0.362. The molecule has 4 heteroatoms. The number of hydrogen-bond donors (Lipinski definition) is 3. The van der Waals surface area contributed by atoms with Crippen LogP contribution in [0.2, 0.25) is 0 Å². The van der Waals surface area contributed by atoms with Crippen molar-refractivity contribution in [2.24, 2.45) is 5.73 Å². The molecule has 0 rings (SSSR count). The molecule has 0 aliphatic rings. The van der Waals surface area contributed by atoms with Gasteiger partial charge in [0.1, 0.15) is 0 Å². The molecule has 9 heavy (non-hydrogen) atoms. The molecule has 0 saturated carbocycles. The molecule has 2 amide bonds. The van der Waals surface area contributed by atoms with E-state index in [2.05, 4.69) is 11.9 Å². The van der Waals surface area contributed by atoms with E-state index in [0.29, 0.717) is 0 Å². The Morgan fingerprint density at radius 2 is 2.56 bits per heavy atom. The summed E-state index contributed by atoms with van der Waals surface area (Å²) in [6.45, 7) is 3.18. The first-order valence-corrected chi connectivity index (χ1v) is 2.50. The van der Waals surface area contributed by atoms with Gasteiger partial charge >= 0.3 is 6.03 Å². The molecule has 0 fully saturated rings. The van der Waals surface area contributed by atoms with Crippen molar-refractivity contribution >= 4 is 6.03 Å². The van der Waals surface area contributed by atoms with E-state index in [4.69, 9.17) is 10.8 Å². The molecule has 1 atom stereocenters. The number of carbonyl (C=O) groups is 1. The summed E-state index contributed by atoms with van der Waals surface area (Å²) >= 11 is 0. The minimum atomic E-state index is -0.658. The Morgan fingerprint density at radius 3 is 2.67 bits per heavy atom. The van der Waals surface area contributed by atoms with E-state index in [1.165, 1.54) is 6.08 Å². The maximum atomic E-state index is 10.1. The van der Waals surface area contributed by atoms with Crippen LogP contribution in [0.3, 0.4) is 0 Å². The van der Waals surface area contributed by atoms with Crippen molar-refractivity contribution in [1.82, 2.24) is 5.32 Å². The van der Waals surface area contributed by atoms with E-state index in [0.717, 1.165) is 0 Å². The van der Waals surface area contributed by atoms with Crippen LogP contribution in [-0.2, 0) is 0 Å². The second kappa shape index (κ2) is 3.91. The second-order valence-corrected chi connectivity index (χ2v) is 1.53. The van der Waals surface area contributed by atoms with Crippen molar-refractivity contribution in [3.63, 3.8) is 0 Å². The zero-order chi connectivity index (χ0) is 7.28. The summed E-state index contributed by atoms with van der Waals surface area (Å²) in [5, 5.41) is 10.7. The SMILES string of the molecule is C=CC(CO)NC(N)=O. The highest BCUT2D eigenvalue weighted by molar-refractivity contribution is 5.72. The maximum Gasteiger partial charge on any atom is 0.312 e. The topological polar surface area (TPSA) is 75.3 Å². The van der Waals surface area contributed by atoms with E-state index in [9.17, 15) is 4.79 Å². The minimum absolute atomic E-state index is 0.174. The first-order chi connectivity index (χ1) is 4.20. The molecule has 0 aromatic carbocycles. The lowest BCUT2D eigenvalue weighted by Crippen LogP contribution is -2.39. The number of urea groups is 1. The smallest absolute Gasteiger partial charge is 0.312 e. The summed E-state index contributed by atoms with van der Waals surface area (Å²) < 4.78 is 0. The third-order valence-corrected chi connectivity index (χ3v) is 0.809. The molecule has 52 valence electrons. The van der Waals surface area contributed by atoms with Crippen LogP contribution in [-0.4, -0.2) is 23.8 Å². The summed E-state index contributed by atoms with van der Waals surface area (Å²) in [5.74, 6) is 0. The molecule has 4 nitrogen and oxygen atoms in total. The predicted molar refractivity (Wildman–Crippen MR) is 33.8 cm³/mol. The van der Waals surface area contributed by atoms with Crippen LogP contribution in [0.5, 0.6) is 0 Å². The van der Waals surface area contributed by atoms with E-state index >= 15 is 0 Å². The highest BCUT2D eigenvalue weighted by Crippen LogP contribution is 1.79. The second-order valence-electron chi connectivity index (χ2n) is 1.53. The molecule has 1 unspecified atom stereocenters. The van der Waals surface area contributed by atoms with Gasteiger partial charge in [-0.1, -0.05) is 6.08 Å². The van der Waals surface area contributed by atoms with Gasteiger partial charge in [-0.2, -0.15) is 0 Å². The monoisotopic (exact) mass is 130 g/mol. The van der Waals surface area contributed by atoms with E-state index in [-0.39, 0.29) is 6.61 Å². The zero-order valence-corrected chi connectivity index (χ0v) is 5.00. The molecule has 0 aliphatic heterocycles. The summed E-state index contributed by atoms with van der Waals surface area (Å²) in [6.07, 6.45) is 1.41. The average Bonchev–Trinajstić information content (AvgIpc) is 1.82. The third kappa shape index (κ3) is 3.54. The van der Waals surface area contributed by atoms with Gasteiger partial charge in [-0.15, -0.1) is 6.58 Å². The fourth-order valence-electron chi connectivity index (χ4n) is 0.362. The van der Waals surface area contributed by atoms with Crippen molar-refractivity contribution in [3.05, 3.63) is 12.7 Å². The molecule has 0 aromatic rings. The van der Waals surface area contributed by atoms with Crippen LogP contribution in [0.4, 0.5) is 4.79 Å². The number of primary amides is 1. The molecule has 0 radical (unpaired) electrons. The Bertz CT molecular complexity index is 114. The highest BCUT2D eigenvalue weighted by atomic mass is 16.3. The van der Waals surface area contributed by atoms with E-state index < -0.39 is 12.1 Å². The Kier molecular flexibility index (Phi) is 3.46. The Balaban J connectivity index is 3.55. The standard InChI is InChI=1S/C5H10N2O2/c1-2-4(3-8)7-5(6)9/h2,4,8H,1,3H2,(H3,6,7,9). The number of aliphatic hydroxyl groups excluding tert-OH is 1. The van der Waals surface area contributed by atoms with Crippen molar-refractivity contribution in [1.29, 1.82) is 0 Å². The van der Waals surface area contributed by atoms with Gasteiger partial charge in [-0.3, -0.25) is 0 Å². The van der Waals surface area contributed by atoms with Gasteiger partial charge in [0, 0.05) is 0 Å². The number of aliphatic hydroxyl groups is 1. The van der Waals surface area contributed by atoms with Crippen LogP contribution in [0.15, 0.2) is 12.7 Å². The van der Waals surface area contributed by atoms with Gasteiger partial charge < -0.3 is 16.2 Å². The normalized spacial score (nSPS) is 12.1. The molecular formula is C5H10N2O2. The molecule has 4 N–H and O–H groups in total. The Labute approximate surface area is 53.4 Å². The average molecular weight is 130 g/mol. The summed E-state index contributed by atoms with van der Waals surface area (Å²) in [7, 11) is 0. The highest BCUT2D eigenvalue weighted by Gasteiger charge is 2.01. The lowest BCUT2D eigenvalue weighted by Gasteiger charge is -2.07. The predicted octanol–water partition coefficient (Wildman–Crippen LogP) is -0.798. The third-order valence-electron chi connectivity index (χ3n) is 0.809. The molecule has 0 aliphatic carbocycles. The fraction of sp³-hybridized carbons (Fsp3) is 0.400. The van der Waals surface area contributed by atoms with Crippen molar-refractivity contribution in [2.45, 2.75) is 6.04 Å². The van der Waals surface area contributed by atoms with Crippen molar-refractivity contribution in [3.8, 4) is 0 Å². The van der Waals surface area contributed by atoms with E-state index in [1.54, 1.807) is 0 Å². The molecule has 0 aromatic heterocycles. The number of amides is 2. The van der Waals surface area contributed by atoms with E-state index in [1.807, 2.05) is 0 Å². The van der Waals surface area contributed by atoms with Gasteiger partial charge in [0.2, 0.25) is 0 Å². The van der Waals surface area contributed by atoms with Gasteiger partial charge in [0.15, 0.2) is 0 Å². The number of nitrogens with two attached hydrogens (primary N) is 1. The number of hydrogen-bond acceptors (Lipinski definition) is 2. The minimum Gasteiger partial charge on any atom is -0.394 e. The van der Waals surface area contributed by atoms with Gasteiger partial charge in [-0.05, 0) is 0 Å². The quantitative estimate of drug-likeness (QED) is 0.437. The van der Waals surface area contributed by atoms with Crippen molar-refractivity contribution in [2.75, 3.05) is 6.61 Å². The zero-order valence-electron chi connectivity index (χ0n) is 5.00. The van der Waals surface area contributed by atoms with Crippen LogP contribution >= 0.6 is 0 Å². The lowest BCUT2D eigenvalue weighted by atomic mass is 10.3. The Morgan fingerprint density at radius 1 is 2.00 bits per heavy atom. The maximum absolute atomic E-state index is 10.1. The number of rotatable bonds is 3. The first-order valence-electron chi connectivity index (χ1n) is 2.50. The summed E-state index contributed by atoms with van der Waals surface area (Å²) in [4.78, 5) is 10.1. The number of nitrogens with one attached hydrogen (secondary N) is 1. The van der Waals surface area contributed by atoms with Crippen LogP contribution in [0, 0.1) is 0 Å². The summed E-state index contributed by atoms with van der Waals surface area (Å²) in [6, 6.07) is -1.09. The summed E-state index contributed by atoms with van der Waals surface area (Å²) in [5.41, 5.74) is 4.74. The molecule has 0 saturated heterocycles. The largest absolute Gasteiger partial charge is 0.394 e. The van der Waals surface area contributed by atoms with Crippen LogP contribution < -0.4 is 11.1 Å². The Hall–Kier alpha value is -1.03. The van der Waals surface area contributed by atoms with Crippen LogP contribution in [0.25, 0.3) is 0 Å². The lowest BCUT2D eigenvalue weighted by molar-refractivity contribution is 0.232.